The number of nitrogens with zero attached hydrogens (tertiary/aromatic N) is 4. The molecule has 0 aromatic carbocycles. The van der Waals surface area contributed by atoms with E-state index >= 15 is 0 Å². The van der Waals surface area contributed by atoms with Crippen LogP contribution in [0.5, 0.6) is 0 Å². The quantitative estimate of drug-likeness (QED) is 0.747. The largest absolute Gasteiger partial charge is 0.380 e. The van der Waals surface area contributed by atoms with Gasteiger partial charge >= 0.3 is 6.03 Å². The van der Waals surface area contributed by atoms with Gasteiger partial charge in [0, 0.05) is 33.3 Å². The highest BCUT2D eigenvalue weighted by Crippen LogP contribution is 2.27. The first kappa shape index (κ1) is 17.0. The lowest BCUT2D eigenvalue weighted by atomic mass is 9.99. The fourth-order valence-corrected chi connectivity index (χ4v) is 3.53. The lowest BCUT2D eigenvalue weighted by molar-refractivity contribution is -0.127. The van der Waals surface area contributed by atoms with Crippen LogP contribution < -0.4 is 5.32 Å². The molecular formula is C16H27N5O3. The molecule has 24 heavy (non-hydrogen) atoms. The summed E-state index contributed by atoms with van der Waals surface area (Å²) in [5.74, 6) is 1.27. The zero-order chi connectivity index (χ0) is 17.3. The Labute approximate surface area is 142 Å². The molecule has 3 rings (SSSR count). The van der Waals surface area contributed by atoms with Crippen LogP contribution in [0.25, 0.3) is 0 Å². The summed E-state index contributed by atoms with van der Waals surface area (Å²) >= 11 is 0. The van der Waals surface area contributed by atoms with Gasteiger partial charge in [0.15, 0.2) is 18.2 Å². The second kappa shape index (κ2) is 6.96. The van der Waals surface area contributed by atoms with Crippen molar-refractivity contribution in [2.24, 2.45) is 10.9 Å². The number of urea groups is 1. The molecule has 0 saturated carbocycles. The van der Waals surface area contributed by atoms with Crippen LogP contribution in [0.3, 0.4) is 0 Å². The van der Waals surface area contributed by atoms with Gasteiger partial charge < -0.3 is 19.4 Å². The summed E-state index contributed by atoms with van der Waals surface area (Å²) in [5, 5.41) is 2.43. The Balaban J connectivity index is 1.82. The number of imide groups is 1. The van der Waals surface area contributed by atoms with Crippen LogP contribution in [0, 0.1) is 5.92 Å². The van der Waals surface area contributed by atoms with Gasteiger partial charge in [0.1, 0.15) is 0 Å². The Bertz CT molecular complexity index is 530. The van der Waals surface area contributed by atoms with E-state index < -0.39 is 12.2 Å². The van der Waals surface area contributed by atoms with E-state index in [2.05, 4.69) is 17.1 Å². The molecular weight excluding hydrogens is 310 g/mol. The van der Waals surface area contributed by atoms with Crippen molar-refractivity contribution >= 4 is 17.9 Å². The lowest BCUT2D eigenvalue weighted by Crippen LogP contribution is -2.64. The predicted molar refractivity (Wildman–Crippen MR) is 89.5 cm³/mol. The summed E-state index contributed by atoms with van der Waals surface area (Å²) in [5.41, 5.74) is 0. The molecule has 8 nitrogen and oxygen atoms in total. The minimum atomic E-state index is -0.470. The van der Waals surface area contributed by atoms with Gasteiger partial charge in [-0.1, -0.05) is 6.92 Å². The second-order valence-corrected chi connectivity index (χ2v) is 6.75. The van der Waals surface area contributed by atoms with E-state index in [1.165, 1.54) is 4.90 Å². The fraction of sp³-hybridized carbons (Fsp3) is 0.812. The summed E-state index contributed by atoms with van der Waals surface area (Å²) in [6.45, 7) is 7.85. The number of carbonyl (C=O) groups excluding carboxylic acids is 2. The number of amides is 3. The van der Waals surface area contributed by atoms with Crippen molar-refractivity contribution in [1.29, 1.82) is 0 Å². The molecule has 2 fully saturated rings. The maximum Gasteiger partial charge on any atom is 0.325 e. The SMILES string of the molecule is CCOCCN1C(N2CCC(C)CC2)=NC2C1C(=O)NC(=O)N2C. The van der Waals surface area contributed by atoms with E-state index in [9.17, 15) is 9.59 Å². The number of nitrogens with one attached hydrogen (secondary N) is 1. The third kappa shape index (κ3) is 3.07. The maximum absolute atomic E-state index is 12.4. The number of aliphatic imine (C=N–C) groups is 1. The zero-order valence-electron chi connectivity index (χ0n) is 14.7. The molecule has 2 unspecified atom stereocenters. The number of piperidine rings is 1. The van der Waals surface area contributed by atoms with Gasteiger partial charge in [-0.15, -0.1) is 0 Å². The van der Waals surface area contributed by atoms with E-state index in [0.29, 0.717) is 19.8 Å². The third-order valence-electron chi connectivity index (χ3n) is 5.09. The van der Waals surface area contributed by atoms with Crippen LogP contribution in [0.1, 0.15) is 26.7 Å². The van der Waals surface area contributed by atoms with Gasteiger partial charge in [-0.3, -0.25) is 10.1 Å². The Kier molecular flexibility index (Phi) is 4.93. The van der Waals surface area contributed by atoms with Crippen molar-refractivity contribution in [3.8, 4) is 0 Å². The van der Waals surface area contributed by atoms with Crippen molar-refractivity contribution in [3.05, 3.63) is 0 Å². The Hall–Kier alpha value is -1.83. The smallest absolute Gasteiger partial charge is 0.325 e. The lowest BCUT2D eigenvalue weighted by Gasteiger charge is -2.39. The highest BCUT2D eigenvalue weighted by molar-refractivity contribution is 6.03. The Morgan fingerprint density at radius 1 is 1.29 bits per heavy atom. The Morgan fingerprint density at radius 2 is 2.00 bits per heavy atom. The van der Waals surface area contributed by atoms with Gasteiger partial charge in [-0.05, 0) is 25.7 Å². The standard InChI is InChI=1S/C16H27N5O3/c1-4-24-10-9-21-12-13(19(3)16(23)18-14(12)22)17-15(21)20-7-5-11(2)6-8-20/h11-13H,4-10H2,1-3H3,(H,18,22,23). The van der Waals surface area contributed by atoms with Crippen molar-refractivity contribution in [2.45, 2.75) is 38.9 Å². The molecule has 0 radical (unpaired) electrons. The first-order valence-corrected chi connectivity index (χ1v) is 8.77. The maximum atomic E-state index is 12.4. The summed E-state index contributed by atoms with van der Waals surface area (Å²) < 4.78 is 5.48. The molecule has 3 heterocycles. The minimum absolute atomic E-state index is 0.274. The molecule has 3 aliphatic rings. The third-order valence-corrected chi connectivity index (χ3v) is 5.09. The van der Waals surface area contributed by atoms with Crippen LogP contribution in [-0.4, -0.2) is 84.7 Å². The molecule has 0 aliphatic carbocycles. The first-order chi connectivity index (χ1) is 11.5. The highest BCUT2D eigenvalue weighted by atomic mass is 16.5. The van der Waals surface area contributed by atoms with Crippen molar-refractivity contribution in [1.82, 2.24) is 20.0 Å². The van der Waals surface area contributed by atoms with Crippen molar-refractivity contribution < 1.29 is 14.3 Å². The fourth-order valence-electron chi connectivity index (χ4n) is 3.53. The summed E-state index contributed by atoms with van der Waals surface area (Å²) in [4.78, 5) is 34.9. The van der Waals surface area contributed by atoms with E-state index in [1.807, 2.05) is 11.8 Å². The van der Waals surface area contributed by atoms with Gasteiger partial charge in [0.2, 0.25) is 0 Å². The average Bonchev–Trinajstić information content (AvgIpc) is 2.94. The molecule has 3 aliphatic heterocycles. The minimum Gasteiger partial charge on any atom is -0.380 e. The van der Waals surface area contributed by atoms with E-state index in [0.717, 1.165) is 37.8 Å². The van der Waals surface area contributed by atoms with Crippen LogP contribution in [0.4, 0.5) is 4.79 Å². The van der Waals surface area contributed by atoms with Gasteiger partial charge in [0.25, 0.3) is 5.91 Å². The van der Waals surface area contributed by atoms with Crippen LogP contribution in [0.2, 0.25) is 0 Å². The zero-order valence-corrected chi connectivity index (χ0v) is 14.7. The molecule has 2 atom stereocenters. The number of hydrogen-bond acceptors (Lipinski definition) is 6. The van der Waals surface area contributed by atoms with E-state index in [4.69, 9.17) is 9.73 Å². The molecule has 0 aromatic rings. The number of guanidine groups is 1. The molecule has 0 spiro atoms. The highest BCUT2D eigenvalue weighted by Gasteiger charge is 2.49. The predicted octanol–water partition coefficient (Wildman–Crippen LogP) is 0.303. The molecule has 3 amide bonds. The number of fused-ring (bicyclic) bond motifs is 1. The first-order valence-electron chi connectivity index (χ1n) is 8.77. The molecule has 0 aromatic heterocycles. The molecule has 134 valence electrons. The molecule has 0 bridgehead atoms. The van der Waals surface area contributed by atoms with Crippen molar-refractivity contribution in [2.75, 3.05) is 39.9 Å². The van der Waals surface area contributed by atoms with E-state index in [-0.39, 0.29) is 11.9 Å². The number of hydrogen-bond donors (Lipinski definition) is 1. The number of rotatable bonds is 4. The van der Waals surface area contributed by atoms with Crippen molar-refractivity contribution in [3.63, 3.8) is 0 Å². The molecule has 8 heteroatoms. The van der Waals surface area contributed by atoms with Crippen LogP contribution >= 0.6 is 0 Å². The second-order valence-electron chi connectivity index (χ2n) is 6.75. The summed E-state index contributed by atoms with van der Waals surface area (Å²) in [6.07, 6.45) is 1.78. The normalized spacial score (nSPS) is 28.1. The number of likely N-dealkylation sites (N-methyl/N-ethyl adjacent to an activating group) is 1. The van der Waals surface area contributed by atoms with Crippen LogP contribution in [-0.2, 0) is 9.53 Å². The molecule has 2 saturated heterocycles. The molecule has 1 N–H and O–H groups in total. The number of carbonyl (C=O) groups is 2. The summed E-state index contributed by atoms with van der Waals surface area (Å²) in [6, 6.07) is -0.856. The summed E-state index contributed by atoms with van der Waals surface area (Å²) in [7, 11) is 1.69. The number of ether oxygens (including phenoxy) is 1. The monoisotopic (exact) mass is 337 g/mol. The van der Waals surface area contributed by atoms with E-state index in [1.54, 1.807) is 7.05 Å². The van der Waals surface area contributed by atoms with Gasteiger partial charge in [0.05, 0.1) is 6.61 Å². The van der Waals surface area contributed by atoms with Crippen LogP contribution in [0.15, 0.2) is 4.99 Å². The van der Waals surface area contributed by atoms with Gasteiger partial charge in [-0.25, -0.2) is 9.79 Å². The Morgan fingerprint density at radius 3 is 2.67 bits per heavy atom. The van der Waals surface area contributed by atoms with Gasteiger partial charge in [-0.2, -0.15) is 0 Å². The number of likely N-dealkylation sites (tertiary alicyclic amines) is 1. The average molecular weight is 337 g/mol. The topological polar surface area (TPSA) is 77.5 Å².